The van der Waals surface area contributed by atoms with Gasteiger partial charge in [-0.2, -0.15) is 0 Å². The van der Waals surface area contributed by atoms with Crippen LogP contribution in [-0.2, 0) is 16.0 Å². The monoisotopic (exact) mass is 303 g/mol. The molecule has 0 aromatic heterocycles. The summed E-state index contributed by atoms with van der Waals surface area (Å²) < 4.78 is 5.52. The van der Waals surface area contributed by atoms with Gasteiger partial charge < -0.3 is 9.64 Å². The average molecular weight is 303 g/mol. The van der Waals surface area contributed by atoms with Crippen LogP contribution < -0.4 is 0 Å². The van der Waals surface area contributed by atoms with Crippen LogP contribution in [0.4, 0.5) is 0 Å². The van der Waals surface area contributed by atoms with E-state index in [1.807, 2.05) is 11.8 Å². The number of aryl methyl sites for hydroxylation is 2. The van der Waals surface area contributed by atoms with Gasteiger partial charge in [-0.25, -0.2) is 0 Å². The molecule has 1 atom stereocenters. The van der Waals surface area contributed by atoms with Gasteiger partial charge in [0.15, 0.2) is 0 Å². The van der Waals surface area contributed by atoms with Gasteiger partial charge in [0.2, 0.25) is 5.91 Å². The van der Waals surface area contributed by atoms with E-state index in [0.717, 1.165) is 45.6 Å². The number of amides is 1. The fourth-order valence-corrected chi connectivity index (χ4v) is 3.19. The van der Waals surface area contributed by atoms with Crippen molar-refractivity contribution >= 4 is 5.91 Å². The summed E-state index contributed by atoms with van der Waals surface area (Å²) >= 11 is 0. The Labute approximate surface area is 134 Å². The number of likely N-dealkylation sites (tertiary alicyclic amines) is 1. The highest BCUT2D eigenvalue weighted by Gasteiger charge is 2.23. The molecule has 1 saturated heterocycles. The van der Waals surface area contributed by atoms with Crippen molar-refractivity contribution in [1.82, 2.24) is 4.90 Å². The van der Waals surface area contributed by atoms with Crippen molar-refractivity contribution in [2.75, 3.05) is 26.3 Å². The first-order valence-corrected chi connectivity index (χ1v) is 8.60. The molecule has 1 aliphatic heterocycles. The Kier molecular flexibility index (Phi) is 6.91. The van der Waals surface area contributed by atoms with Crippen molar-refractivity contribution in [3.8, 4) is 0 Å². The molecule has 1 aliphatic rings. The maximum atomic E-state index is 12.4. The Bertz CT molecular complexity index is 472. The van der Waals surface area contributed by atoms with Gasteiger partial charge in [-0.05, 0) is 56.6 Å². The second-order valence-electron chi connectivity index (χ2n) is 6.29. The number of nitrogens with zero attached hydrogens (tertiary/aromatic N) is 1. The van der Waals surface area contributed by atoms with Crippen molar-refractivity contribution in [2.45, 2.75) is 46.0 Å². The zero-order valence-corrected chi connectivity index (χ0v) is 14.0. The highest BCUT2D eigenvalue weighted by molar-refractivity contribution is 5.76. The lowest BCUT2D eigenvalue weighted by atomic mass is 9.98. The summed E-state index contributed by atoms with van der Waals surface area (Å²) in [4.78, 5) is 14.4. The lowest BCUT2D eigenvalue weighted by Gasteiger charge is -2.32. The maximum absolute atomic E-state index is 12.4. The van der Waals surface area contributed by atoms with Gasteiger partial charge in [-0.15, -0.1) is 0 Å². The predicted octanol–water partition coefficient (Wildman–Crippen LogP) is 3.59. The summed E-state index contributed by atoms with van der Waals surface area (Å²) in [6.45, 7) is 7.52. The zero-order valence-electron chi connectivity index (χ0n) is 14.0. The molecule has 1 unspecified atom stereocenters. The van der Waals surface area contributed by atoms with Crippen molar-refractivity contribution in [1.29, 1.82) is 0 Å². The molecule has 2 rings (SSSR count). The van der Waals surface area contributed by atoms with Gasteiger partial charge >= 0.3 is 0 Å². The van der Waals surface area contributed by atoms with Crippen LogP contribution in [0.5, 0.6) is 0 Å². The molecule has 1 aromatic carbocycles. The van der Waals surface area contributed by atoms with Crippen molar-refractivity contribution in [3.63, 3.8) is 0 Å². The highest BCUT2D eigenvalue weighted by atomic mass is 16.5. The molecular weight excluding hydrogens is 274 g/mol. The van der Waals surface area contributed by atoms with Crippen molar-refractivity contribution in [2.24, 2.45) is 5.92 Å². The van der Waals surface area contributed by atoms with E-state index in [9.17, 15) is 4.79 Å². The third-order valence-electron chi connectivity index (χ3n) is 4.53. The molecule has 3 nitrogen and oxygen atoms in total. The first-order valence-electron chi connectivity index (χ1n) is 8.60. The van der Waals surface area contributed by atoms with Crippen LogP contribution in [-0.4, -0.2) is 37.1 Å². The summed E-state index contributed by atoms with van der Waals surface area (Å²) in [7, 11) is 0. The van der Waals surface area contributed by atoms with Crippen LogP contribution in [0.2, 0.25) is 0 Å². The Morgan fingerprint density at radius 2 is 2.18 bits per heavy atom. The molecule has 1 aromatic rings. The topological polar surface area (TPSA) is 29.5 Å². The minimum absolute atomic E-state index is 0.315. The molecule has 0 N–H and O–H groups in total. The fraction of sp³-hybridized carbons (Fsp3) is 0.632. The van der Waals surface area contributed by atoms with Crippen molar-refractivity contribution < 1.29 is 9.53 Å². The molecule has 0 radical (unpaired) electrons. The maximum Gasteiger partial charge on any atom is 0.222 e. The molecule has 0 spiro atoms. The van der Waals surface area contributed by atoms with Crippen LogP contribution in [0.15, 0.2) is 24.3 Å². The van der Waals surface area contributed by atoms with E-state index in [-0.39, 0.29) is 0 Å². The number of hydrogen-bond acceptors (Lipinski definition) is 2. The van der Waals surface area contributed by atoms with Crippen LogP contribution in [0.1, 0.15) is 43.7 Å². The lowest BCUT2D eigenvalue weighted by molar-refractivity contribution is -0.133. The summed E-state index contributed by atoms with van der Waals surface area (Å²) in [5, 5.41) is 0. The molecule has 0 aliphatic carbocycles. The normalized spacial score (nSPS) is 18.5. The number of rotatable bonds is 7. The van der Waals surface area contributed by atoms with Crippen LogP contribution in [0.25, 0.3) is 0 Å². The average Bonchev–Trinajstić information content (AvgIpc) is 2.55. The first-order chi connectivity index (χ1) is 10.7. The lowest BCUT2D eigenvalue weighted by Crippen LogP contribution is -2.41. The van der Waals surface area contributed by atoms with Gasteiger partial charge in [-0.3, -0.25) is 4.79 Å². The molecule has 1 fully saturated rings. The minimum atomic E-state index is 0.315. The summed E-state index contributed by atoms with van der Waals surface area (Å²) in [6.07, 6.45) is 4.90. The van der Waals surface area contributed by atoms with E-state index in [0.29, 0.717) is 18.2 Å². The minimum Gasteiger partial charge on any atom is -0.381 e. The molecule has 122 valence electrons. The molecule has 1 amide bonds. The predicted molar refractivity (Wildman–Crippen MR) is 89.9 cm³/mol. The number of carbonyl (C=O) groups is 1. The molecule has 0 saturated carbocycles. The number of hydrogen-bond donors (Lipinski definition) is 0. The molecule has 22 heavy (non-hydrogen) atoms. The fourth-order valence-electron chi connectivity index (χ4n) is 3.19. The van der Waals surface area contributed by atoms with E-state index in [1.54, 1.807) is 0 Å². The quantitative estimate of drug-likeness (QED) is 0.770. The van der Waals surface area contributed by atoms with Crippen LogP contribution in [0.3, 0.4) is 0 Å². The van der Waals surface area contributed by atoms with E-state index < -0.39 is 0 Å². The zero-order chi connectivity index (χ0) is 15.8. The second kappa shape index (κ2) is 8.94. The largest absolute Gasteiger partial charge is 0.381 e. The second-order valence-corrected chi connectivity index (χ2v) is 6.29. The Morgan fingerprint density at radius 3 is 2.95 bits per heavy atom. The van der Waals surface area contributed by atoms with Gasteiger partial charge in [-0.1, -0.05) is 24.3 Å². The molecule has 3 heteroatoms. The van der Waals surface area contributed by atoms with E-state index >= 15 is 0 Å². The summed E-state index contributed by atoms with van der Waals surface area (Å²) in [6, 6.07) is 8.45. The number of piperidine rings is 1. The smallest absolute Gasteiger partial charge is 0.222 e. The number of benzene rings is 1. The molecular formula is C19H29NO2. The van der Waals surface area contributed by atoms with Gasteiger partial charge in [0.1, 0.15) is 0 Å². The van der Waals surface area contributed by atoms with Crippen molar-refractivity contribution in [3.05, 3.63) is 35.4 Å². The Hall–Kier alpha value is -1.35. The third kappa shape index (κ3) is 5.13. The molecule has 1 heterocycles. The summed E-state index contributed by atoms with van der Waals surface area (Å²) in [5.74, 6) is 0.837. The van der Waals surface area contributed by atoms with Crippen LogP contribution >= 0.6 is 0 Å². The van der Waals surface area contributed by atoms with E-state index in [4.69, 9.17) is 4.74 Å². The number of carbonyl (C=O) groups excluding carboxylic acids is 1. The highest BCUT2D eigenvalue weighted by Crippen LogP contribution is 2.18. The number of ether oxygens (including phenoxy) is 1. The SMILES string of the molecule is CCOCC1CCCN(C(=O)CCCc2ccccc2C)C1. The first kappa shape index (κ1) is 17.0. The van der Waals surface area contributed by atoms with Crippen LogP contribution in [0, 0.1) is 12.8 Å². The third-order valence-corrected chi connectivity index (χ3v) is 4.53. The standard InChI is InChI=1S/C19H29NO2/c1-3-22-15-17-9-7-13-20(14-17)19(21)12-6-11-18-10-5-4-8-16(18)2/h4-5,8,10,17H,3,6-7,9,11-15H2,1-2H3. The van der Waals surface area contributed by atoms with Gasteiger partial charge in [0.05, 0.1) is 6.61 Å². The Morgan fingerprint density at radius 1 is 1.36 bits per heavy atom. The summed E-state index contributed by atoms with van der Waals surface area (Å²) in [5.41, 5.74) is 2.69. The van der Waals surface area contributed by atoms with E-state index in [1.165, 1.54) is 17.5 Å². The molecule has 0 bridgehead atoms. The van der Waals surface area contributed by atoms with E-state index in [2.05, 4.69) is 31.2 Å². The van der Waals surface area contributed by atoms with Gasteiger partial charge in [0, 0.05) is 26.1 Å². The van der Waals surface area contributed by atoms with Gasteiger partial charge in [0.25, 0.3) is 0 Å². The Balaban J connectivity index is 1.73.